The molecule has 2 aromatic rings. The van der Waals surface area contributed by atoms with Gasteiger partial charge in [0.1, 0.15) is 0 Å². The summed E-state index contributed by atoms with van der Waals surface area (Å²) in [6.45, 7) is 4.00. The summed E-state index contributed by atoms with van der Waals surface area (Å²) in [7, 11) is 1.36. The molecule has 2 aliphatic rings. The molecule has 128 valence electrons. The van der Waals surface area contributed by atoms with Crippen molar-refractivity contribution in [3.63, 3.8) is 0 Å². The van der Waals surface area contributed by atoms with Crippen LogP contribution >= 0.6 is 0 Å². The first-order chi connectivity index (χ1) is 11.3. The van der Waals surface area contributed by atoms with E-state index in [2.05, 4.69) is 42.6 Å². The van der Waals surface area contributed by atoms with Crippen LogP contribution in [0.2, 0.25) is 0 Å². The van der Waals surface area contributed by atoms with Crippen molar-refractivity contribution in [1.29, 1.82) is 0 Å². The second-order valence-corrected chi connectivity index (χ2v) is 6.14. The summed E-state index contributed by atoms with van der Waals surface area (Å²) in [4.78, 5) is 0. The molecule has 0 saturated carbocycles. The Morgan fingerprint density at radius 2 is 1.12 bits per heavy atom. The zero-order valence-corrected chi connectivity index (χ0v) is 19.4. The van der Waals surface area contributed by atoms with Crippen LogP contribution in [0.15, 0.2) is 36.4 Å². The Labute approximate surface area is 172 Å². The summed E-state index contributed by atoms with van der Waals surface area (Å²) < 4.78 is 0. The molecule has 0 fully saturated rings. The molecule has 0 bridgehead atoms. The topological polar surface area (TPSA) is 0 Å². The van der Waals surface area contributed by atoms with Gasteiger partial charge in [0.05, 0.1) is 0 Å². The van der Waals surface area contributed by atoms with Crippen LogP contribution in [0.4, 0.5) is 0 Å². The van der Waals surface area contributed by atoms with Gasteiger partial charge in [-0.1, -0.05) is 51.4 Å². The Morgan fingerprint density at radius 3 is 1.46 bits per heavy atom. The second kappa shape index (κ2) is 15.0. The number of rotatable bonds is 0. The van der Waals surface area contributed by atoms with E-state index >= 15 is 0 Å². The third-order valence-corrected chi connectivity index (χ3v) is 4.30. The first kappa shape index (κ1) is 23.7. The van der Waals surface area contributed by atoms with Gasteiger partial charge in [-0.05, 0) is 0 Å². The molecule has 0 aromatic heterocycles. The number of hydrogen-bond acceptors (Lipinski definition) is 0. The average Bonchev–Trinajstić information content (AvgIpc) is 3.27. The molecule has 0 spiro atoms. The fraction of sp³-hybridized carbons (Fsp3) is 0.455. The molecule has 2 aliphatic carbocycles. The van der Waals surface area contributed by atoms with E-state index in [-0.39, 0.29) is 26.2 Å². The minimum absolute atomic E-state index is 0. The van der Waals surface area contributed by atoms with Crippen LogP contribution in [0.1, 0.15) is 61.8 Å². The molecule has 0 radical (unpaired) electrons. The normalized spacial score (nSPS) is 13.9. The van der Waals surface area contributed by atoms with Crippen molar-refractivity contribution in [3.8, 4) is 0 Å². The molecule has 0 amide bonds. The van der Waals surface area contributed by atoms with Crippen LogP contribution in [0.5, 0.6) is 0 Å². The average molecular weight is 416 g/mol. The van der Waals surface area contributed by atoms with E-state index in [0.29, 0.717) is 0 Å². The van der Waals surface area contributed by atoms with Crippen LogP contribution in [0.3, 0.4) is 0 Å². The van der Waals surface area contributed by atoms with Crippen LogP contribution in [-0.2, 0) is 51.9 Å². The molecular formula is C22H32SiZr. The van der Waals surface area contributed by atoms with Crippen molar-refractivity contribution in [2.45, 2.75) is 65.2 Å². The first-order valence-corrected chi connectivity index (χ1v) is 9.78. The van der Waals surface area contributed by atoms with E-state index < -0.39 is 0 Å². The first-order valence-electron chi connectivity index (χ1n) is 8.97. The molecule has 0 heterocycles. The molecule has 24 heavy (non-hydrogen) atoms. The van der Waals surface area contributed by atoms with Crippen molar-refractivity contribution in [1.82, 2.24) is 0 Å². The summed E-state index contributed by atoms with van der Waals surface area (Å²) in [5.41, 5.74) is 6.39. The molecule has 4 rings (SSSR count). The van der Waals surface area contributed by atoms with Crippen molar-refractivity contribution >= 4 is 16.0 Å². The Bertz CT molecular complexity index is 436. The van der Waals surface area contributed by atoms with Crippen molar-refractivity contribution in [2.24, 2.45) is 0 Å². The van der Waals surface area contributed by atoms with Gasteiger partial charge in [-0.2, -0.15) is 60.4 Å². The van der Waals surface area contributed by atoms with E-state index in [1.54, 1.807) is 22.3 Å². The Hall–Kier alpha value is -0.330. The number of aryl methyl sites for hydroxylation is 4. The smallest absolute Gasteiger partial charge is 0.533 e. The summed E-state index contributed by atoms with van der Waals surface area (Å²) in [5, 5.41) is 0. The standard InChI is InChI=1S/2C9H11.C3H7.CH3Si.Zr/c2*1-2-5-9-7-3-6-8(9)4-1;1-3-2;1-2;/h2*3,6-7H,1-2,4-5H2;3H,1-2H3;1H,2H2;/q4*-1;+4. The summed E-state index contributed by atoms with van der Waals surface area (Å²) >= 11 is 0. The maximum Gasteiger partial charge on any atom is 4.00 e. The van der Waals surface area contributed by atoms with E-state index in [1.807, 2.05) is 20.3 Å². The number of hydrogen-bond donors (Lipinski definition) is 0. The van der Waals surface area contributed by atoms with Gasteiger partial charge in [0, 0.05) is 0 Å². The van der Waals surface area contributed by atoms with Crippen LogP contribution < -0.4 is 0 Å². The van der Waals surface area contributed by atoms with Gasteiger partial charge in [-0.3, -0.25) is 0 Å². The Kier molecular flexibility index (Phi) is 14.8. The quantitative estimate of drug-likeness (QED) is 0.431. The van der Waals surface area contributed by atoms with Gasteiger partial charge in [-0.25, -0.2) is 22.0 Å². The summed E-state index contributed by atoms with van der Waals surface area (Å²) in [6, 6.07) is 13.4. The SMILES string of the molecule is C[CH-]C.[CH-]=[SiH2].[Zr+4].c1cc2c([cH-]1)CCCC2.c1cc2c([cH-]1)CCCC2. The maximum absolute atomic E-state index is 4.53. The van der Waals surface area contributed by atoms with E-state index in [1.165, 1.54) is 61.2 Å². The maximum atomic E-state index is 4.53. The monoisotopic (exact) mass is 414 g/mol. The van der Waals surface area contributed by atoms with Crippen LogP contribution in [0.25, 0.3) is 0 Å². The van der Waals surface area contributed by atoms with E-state index in [4.69, 9.17) is 0 Å². The molecule has 2 heteroatoms. The van der Waals surface area contributed by atoms with Gasteiger partial charge in [-0.15, -0.1) is 0 Å². The molecule has 0 unspecified atom stereocenters. The molecule has 0 saturated heterocycles. The van der Waals surface area contributed by atoms with Crippen LogP contribution in [0, 0.1) is 6.42 Å². The van der Waals surface area contributed by atoms with Gasteiger partial charge in [0.2, 0.25) is 0 Å². The van der Waals surface area contributed by atoms with Crippen LogP contribution in [-0.4, -0.2) is 16.0 Å². The molecule has 0 atom stereocenters. The largest absolute Gasteiger partial charge is 4.00 e. The van der Waals surface area contributed by atoms with Gasteiger partial charge < -0.3 is 12.6 Å². The summed E-state index contributed by atoms with van der Waals surface area (Å²) in [6.07, 6.45) is 17.4. The second-order valence-electron chi connectivity index (χ2n) is 6.14. The predicted molar refractivity (Wildman–Crippen MR) is 108 cm³/mol. The van der Waals surface area contributed by atoms with Gasteiger partial charge >= 0.3 is 26.2 Å². The fourth-order valence-electron chi connectivity index (χ4n) is 3.23. The number of fused-ring (bicyclic) bond motifs is 2. The van der Waals surface area contributed by atoms with E-state index in [9.17, 15) is 0 Å². The van der Waals surface area contributed by atoms with Gasteiger partial charge in [0.15, 0.2) is 0 Å². The molecule has 0 aliphatic heterocycles. The van der Waals surface area contributed by atoms with Crippen molar-refractivity contribution in [2.75, 3.05) is 0 Å². The summed E-state index contributed by atoms with van der Waals surface area (Å²) in [5.74, 6) is 0. The zero-order chi connectivity index (χ0) is 16.9. The third kappa shape index (κ3) is 8.17. The molecular weight excluding hydrogens is 384 g/mol. The Morgan fingerprint density at radius 1 is 0.792 bits per heavy atom. The Balaban J connectivity index is 0.000000339. The predicted octanol–water partition coefficient (Wildman–Crippen LogP) is 4.73. The molecule has 0 nitrogen and oxygen atoms in total. The third-order valence-electron chi connectivity index (χ3n) is 4.30. The minimum Gasteiger partial charge on any atom is -0.533 e. The minimum atomic E-state index is 0. The van der Waals surface area contributed by atoms with Crippen molar-refractivity contribution in [3.05, 3.63) is 65.1 Å². The van der Waals surface area contributed by atoms with Crippen molar-refractivity contribution < 1.29 is 26.2 Å². The molecule has 2 aromatic carbocycles. The molecule has 0 N–H and O–H groups in total. The fourth-order valence-corrected chi connectivity index (χ4v) is 3.23. The zero-order valence-electron chi connectivity index (χ0n) is 15.5. The van der Waals surface area contributed by atoms with E-state index in [0.717, 1.165) is 0 Å². The van der Waals surface area contributed by atoms with Gasteiger partial charge in [0.25, 0.3) is 0 Å².